The SMILES string of the molecule is CC[C@H](C)[C@H](NC(=O)[C@@H](NC(=O)[C@@H]1CCCN1C(=O)[C@@H](N)CO)C(C)C)C(=O)N[C@@H](CC(C)C)C(=O)NCC(=O)N[C@H](C(=O)O)C(C)C. The number of nitrogens with two attached hydrogens (primary N) is 1. The molecule has 48 heavy (non-hydrogen) atoms. The maximum absolute atomic E-state index is 13.6. The van der Waals surface area contributed by atoms with E-state index in [2.05, 4.69) is 26.6 Å². The summed E-state index contributed by atoms with van der Waals surface area (Å²) in [7, 11) is 0. The third-order valence-corrected chi connectivity index (χ3v) is 8.41. The van der Waals surface area contributed by atoms with Crippen LogP contribution in [0, 0.1) is 23.7 Å². The van der Waals surface area contributed by atoms with Crippen molar-refractivity contribution in [3.05, 3.63) is 0 Å². The molecule has 7 atom stereocenters. The highest BCUT2D eigenvalue weighted by molar-refractivity contribution is 5.97. The minimum atomic E-state index is -1.20. The maximum Gasteiger partial charge on any atom is 0.326 e. The second-order valence-corrected chi connectivity index (χ2v) is 13.6. The van der Waals surface area contributed by atoms with E-state index in [1.165, 1.54) is 4.90 Å². The lowest BCUT2D eigenvalue weighted by Crippen LogP contribution is -2.61. The molecule has 1 saturated heterocycles. The number of carbonyl (C=O) groups excluding carboxylic acids is 6. The summed E-state index contributed by atoms with van der Waals surface area (Å²) in [4.78, 5) is 91.4. The van der Waals surface area contributed by atoms with E-state index in [4.69, 9.17) is 5.73 Å². The Morgan fingerprint density at radius 1 is 0.812 bits per heavy atom. The van der Waals surface area contributed by atoms with Gasteiger partial charge in [-0.2, -0.15) is 0 Å². The molecule has 1 aliphatic rings. The van der Waals surface area contributed by atoms with E-state index in [-0.39, 0.29) is 30.7 Å². The molecule has 0 aliphatic carbocycles. The Bertz CT molecular complexity index is 1150. The van der Waals surface area contributed by atoms with E-state index in [1.807, 2.05) is 20.8 Å². The molecule has 0 saturated carbocycles. The minimum absolute atomic E-state index is 0.0432. The summed E-state index contributed by atoms with van der Waals surface area (Å²) in [6.45, 7) is 13.2. The van der Waals surface area contributed by atoms with E-state index < -0.39 is 96.7 Å². The Balaban J connectivity index is 3.07. The number of carbonyl (C=O) groups is 7. The van der Waals surface area contributed by atoms with Gasteiger partial charge in [0.05, 0.1) is 13.2 Å². The zero-order valence-electron chi connectivity index (χ0n) is 29.5. The number of carboxylic acids is 1. The fourth-order valence-electron chi connectivity index (χ4n) is 5.32. The highest BCUT2D eigenvalue weighted by Gasteiger charge is 2.39. The number of aliphatic hydroxyl groups is 1. The van der Waals surface area contributed by atoms with Crippen molar-refractivity contribution in [2.45, 2.75) is 117 Å². The van der Waals surface area contributed by atoms with E-state index in [1.54, 1.807) is 34.6 Å². The second kappa shape index (κ2) is 19.9. The first kappa shape index (κ1) is 42.2. The van der Waals surface area contributed by atoms with Crippen molar-refractivity contribution in [3.63, 3.8) is 0 Å². The quantitative estimate of drug-likeness (QED) is 0.0811. The van der Waals surface area contributed by atoms with Crippen LogP contribution in [-0.2, 0) is 33.6 Å². The zero-order valence-corrected chi connectivity index (χ0v) is 29.5. The lowest BCUT2D eigenvalue weighted by molar-refractivity contribution is -0.143. The molecule has 0 unspecified atom stereocenters. The smallest absolute Gasteiger partial charge is 0.326 e. The first-order chi connectivity index (χ1) is 22.4. The fraction of sp³-hybridized carbons (Fsp3) is 0.781. The molecule has 9 N–H and O–H groups in total. The predicted octanol–water partition coefficient (Wildman–Crippen LogP) is -1.16. The van der Waals surface area contributed by atoms with Crippen LogP contribution in [0.3, 0.4) is 0 Å². The summed E-state index contributed by atoms with van der Waals surface area (Å²) in [5, 5.41) is 31.6. The van der Waals surface area contributed by atoms with Crippen molar-refractivity contribution in [3.8, 4) is 0 Å². The van der Waals surface area contributed by atoms with Crippen molar-refractivity contribution in [1.82, 2.24) is 31.5 Å². The Morgan fingerprint density at radius 3 is 1.90 bits per heavy atom. The number of aliphatic hydroxyl groups excluding tert-OH is 1. The third-order valence-electron chi connectivity index (χ3n) is 8.41. The average molecular weight is 684 g/mol. The molecule has 1 heterocycles. The summed E-state index contributed by atoms with van der Waals surface area (Å²) in [5.41, 5.74) is 5.69. The molecule has 0 aromatic heterocycles. The largest absolute Gasteiger partial charge is 0.480 e. The van der Waals surface area contributed by atoms with Crippen molar-refractivity contribution in [1.29, 1.82) is 0 Å². The van der Waals surface area contributed by atoms with Crippen LogP contribution in [0.25, 0.3) is 0 Å². The Labute approximate surface area is 283 Å². The van der Waals surface area contributed by atoms with Gasteiger partial charge in [0.2, 0.25) is 35.4 Å². The number of nitrogens with one attached hydrogen (secondary N) is 5. The molecule has 0 aromatic rings. The van der Waals surface area contributed by atoms with Crippen molar-refractivity contribution in [2.75, 3.05) is 19.7 Å². The Morgan fingerprint density at radius 2 is 1.40 bits per heavy atom. The van der Waals surface area contributed by atoms with Gasteiger partial charge in [0.1, 0.15) is 36.3 Å². The number of amides is 6. The third kappa shape index (κ3) is 12.7. The molecule has 274 valence electrons. The maximum atomic E-state index is 13.6. The van der Waals surface area contributed by atoms with Crippen molar-refractivity contribution >= 4 is 41.4 Å². The number of hydrogen-bond donors (Lipinski definition) is 8. The molecule has 0 aromatic carbocycles. The Hall–Kier alpha value is -3.79. The molecule has 16 heteroatoms. The highest BCUT2D eigenvalue weighted by Crippen LogP contribution is 2.19. The van der Waals surface area contributed by atoms with Gasteiger partial charge in [-0.25, -0.2) is 4.79 Å². The number of carboxylic acid groups (broad SMARTS) is 1. The van der Waals surface area contributed by atoms with Crippen LogP contribution >= 0.6 is 0 Å². The van der Waals surface area contributed by atoms with Gasteiger partial charge in [-0.15, -0.1) is 0 Å². The number of likely N-dealkylation sites (tertiary alicyclic amines) is 1. The standard InChI is InChI=1S/C32H57N7O9/c1-9-19(8)26(30(45)35-21(13-16(2)3)27(42)34-14-23(41)36-25(18(6)7)32(47)48)38-29(44)24(17(4)5)37-28(43)22-11-10-12-39(22)31(46)20(33)15-40/h16-22,24-26,40H,9-15,33H2,1-8H3,(H,34,42)(H,35,45)(H,36,41)(H,37,43)(H,38,44)(H,47,48)/t19-,20-,21-,22-,24-,25-,26-/m0/s1. The van der Waals surface area contributed by atoms with Crippen LogP contribution in [0.15, 0.2) is 0 Å². The molecule has 0 spiro atoms. The predicted molar refractivity (Wildman–Crippen MR) is 177 cm³/mol. The van der Waals surface area contributed by atoms with Gasteiger partial charge in [-0.05, 0) is 42.9 Å². The summed E-state index contributed by atoms with van der Waals surface area (Å²) in [5.74, 6) is -6.13. The fourth-order valence-corrected chi connectivity index (χ4v) is 5.32. The lowest BCUT2D eigenvalue weighted by Gasteiger charge is -2.31. The van der Waals surface area contributed by atoms with E-state index in [0.29, 0.717) is 19.3 Å². The van der Waals surface area contributed by atoms with Gasteiger partial charge < -0.3 is 47.4 Å². The normalized spacial score (nSPS) is 18.4. The highest BCUT2D eigenvalue weighted by atomic mass is 16.4. The van der Waals surface area contributed by atoms with Gasteiger partial charge in [-0.3, -0.25) is 28.8 Å². The van der Waals surface area contributed by atoms with Crippen LogP contribution in [0.1, 0.15) is 81.1 Å². The topological polar surface area (TPSA) is 249 Å². The van der Waals surface area contributed by atoms with E-state index in [0.717, 1.165) is 0 Å². The van der Waals surface area contributed by atoms with Gasteiger partial charge in [-0.1, -0.05) is 61.8 Å². The second-order valence-electron chi connectivity index (χ2n) is 13.6. The summed E-state index contributed by atoms with van der Waals surface area (Å²) >= 11 is 0. The lowest BCUT2D eigenvalue weighted by atomic mass is 9.95. The van der Waals surface area contributed by atoms with Gasteiger partial charge in [0, 0.05) is 6.54 Å². The van der Waals surface area contributed by atoms with Gasteiger partial charge in [0.25, 0.3) is 0 Å². The molecule has 16 nitrogen and oxygen atoms in total. The molecule has 1 fully saturated rings. The summed E-state index contributed by atoms with van der Waals surface area (Å²) in [6.07, 6.45) is 1.61. The first-order valence-electron chi connectivity index (χ1n) is 16.7. The summed E-state index contributed by atoms with van der Waals surface area (Å²) < 4.78 is 0. The van der Waals surface area contributed by atoms with Gasteiger partial charge >= 0.3 is 5.97 Å². The molecule has 1 aliphatic heterocycles. The molecular weight excluding hydrogens is 626 g/mol. The van der Waals surface area contributed by atoms with E-state index in [9.17, 15) is 43.8 Å². The van der Waals surface area contributed by atoms with Gasteiger partial charge in [0.15, 0.2) is 0 Å². The van der Waals surface area contributed by atoms with Crippen LogP contribution in [0.5, 0.6) is 0 Å². The number of hydrogen-bond acceptors (Lipinski definition) is 9. The monoisotopic (exact) mass is 683 g/mol. The van der Waals surface area contributed by atoms with Crippen LogP contribution in [0.2, 0.25) is 0 Å². The summed E-state index contributed by atoms with van der Waals surface area (Å²) in [6, 6.07) is -6.37. The molecule has 1 rings (SSSR count). The van der Waals surface area contributed by atoms with Crippen molar-refractivity contribution < 1.29 is 43.8 Å². The van der Waals surface area contributed by atoms with E-state index >= 15 is 0 Å². The Kier molecular flexibility index (Phi) is 17.5. The number of rotatable bonds is 19. The average Bonchev–Trinajstić information content (AvgIpc) is 3.51. The molecule has 0 bridgehead atoms. The van der Waals surface area contributed by atoms with Crippen LogP contribution in [-0.4, -0.2) is 112 Å². The molecular formula is C32H57N7O9. The minimum Gasteiger partial charge on any atom is -0.480 e. The molecule has 6 amide bonds. The van der Waals surface area contributed by atoms with Crippen LogP contribution in [0.4, 0.5) is 0 Å². The number of nitrogens with zero attached hydrogens (tertiary/aromatic N) is 1. The zero-order chi connectivity index (χ0) is 36.9. The molecule has 0 radical (unpaired) electrons. The van der Waals surface area contributed by atoms with Crippen molar-refractivity contribution in [2.24, 2.45) is 29.4 Å². The first-order valence-corrected chi connectivity index (χ1v) is 16.7. The van der Waals surface area contributed by atoms with Crippen LogP contribution < -0.4 is 32.3 Å². The number of aliphatic carboxylic acids is 1.